The van der Waals surface area contributed by atoms with E-state index in [1.807, 2.05) is 0 Å². The van der Waals surface area contributed by atoms with Crippen LogP contribution in [0.5, 0.6) is 0 Å². The van der Waals surface area contributed by atoms with E-state index in [-0.39, 0.29) is 0 Å². The monoisotopic (exact) mass is 220 g/mol. The van der Waals surface area contributed by atoms with Crippen molar-refractivity contribution in [3.8, 4) is 0 Å². The van der Waals surface area contributed by atoms with Gasteiger partial charge in [0, 0.05) is 19.1 Å². The predicted molar refractivity (Wildman–Crippen MR) is 70.3 cm³/mol. The van der Waals surface area contributed by atoms with Crippen LogP contribution < -0.4 is 5.73 Å². The molecule has 0 saturated heterocycles. The van der Waals surface area contributed by atoms with Gasteiger partial charge in [0.15, 0.2) is 0 Å². The van der Waals surface area contributed by atoms with Gasteiger partial charge in [0.1, 0.15) is 0 Å². The molecular weight excluding hydrogens is 196 g/mol. The van der Waals surface area contributed by atoms with Gasteiger partial charge < -0.3 is 5.73 Å². The fourth-order valence-electron chi connectivity index (χ4n) is 1.94. The largest absolute Gasteiger partial charge is 0.327 e. The number of benzene rings is 1. The molecule has 0 bridgehead atoms. The van der Waals surface area contributed by atoms with E-state index in [4.69, 9.17) is 5.73 Å². The number of hydrogen-bond donors (Lipinski definition) is 1. The molecule has 0 aromatic heterocycles. The highest BCUT2D eigenvalue weighted by atomic mass is 15.1. The highest BCUT2D eigenvalue weighted by Gasteiger charge is 2.08. The molecule has 2 heteroatoms. The lowest BCUT2D eigenvalue weighted by molar-refractivity contribution is 0.256. The fourth-order valence-corrected chi connectivity index (χ4v) is 1.94. The van der Waals surface area contributed by atoms with Crippen LogP contribution in [0.3, 0.4) is 0 Å². The van der Waals surface area contributed by atoms with Crippen molar-refractivity contribution < 1.29 is 0 Å². The molecule has 90 valence electrons. The van der Waals surface area contributed by atoms with E-state index in [1.165, 1.54) is 12.0 Å². The maximum atomic E-state index is 6.07. The highest BCUT2D eigenvalue weighted by Crippen LogP contribution is 2.05. The lowest BCUT2D eigenvalue weighted by atomic mass is 10.1. The Labute approximate surface area is 99.5 Å². The summed E-state index contributed by atoms with van der Waals surface area (Å²) in [6.45, 7) is 7.45. The van der Waals surface area contributed by atoms with E-state index in [0.717, 1.165) is 26.1 Å². The number of nitrogens with two attached hydrogens (primary N) is 1. The van der Waals surface area contributed by atoms with Gasteiger partial charge in [-0.1, -0.05) is 50.6 Å². The number of likely N-dealkylation sites (N-methyl/N-ethyl adjacent to an activating group) is 1. The third-order valence-corrected chi connectivity index (χ3v) is 2.85. The summed E-state index contributed by atoms with van der Waals surface area (Å²) < 4.78 is 0. The topological polar surface area (TPSA) is 29.3 Å². The third kappa shape index (κ3) is 4.77. The van der Waals surface area contributed by atoms with Crippen LogP contribution in [-0.2, 0) is 6.54 Å². The van der Waals surface area contributed by atoms with Gasteiger partial charge in [-0.05, 0) is 18.5 Å². The van der Waals surface area contributed by atoms with Crippen LogP contribution in [0.25, 0.3) is 0 Å². The molecule has 0 fully saturated rings. The number of nitrogens with zero attached hydrogens (tertiary/aromatic N) is 1. The Morgan fingerprint density at radius 1 is 1.19 bits per heavy atom. The second kappa shape index (κ2) is 7.42. The summed E-state index contributed by atoms with van der Waals surface area (Å²) in [6.07, 6.45) is 2.29. The first kappa shape index (κ1) is 13.2. The molecule has 1 aromatic rings. The average Bonchev–Trinajstić information content (AvgIpc) is 2.30. The minimum Gasteiger partial charge on any atom is -0.327 e. The number of hydrogen-bond acceptors (Lipinski definition) is 2. The maximum Gasteiger partial charge on any atom is 0.0234 e. The number of rotatable bonds is 7. The maximum absolute atomic E-state index is 6.07. The van der Waals surface area contributed by atoms with E-state index < -0.39 is 0 Å². The molecule has 0 amide bonds. The Balaban J connectivity index is 2.43. The molecule has 1 atom stereocenters. The highest BCUT2D eigenvalue weighted by molar-refractivity contribution is 5.14. The molecule has 0 heterocycles. The zero-order valence-electron chi connectivity index (χ0n) is 10.5. The van der Waals surface area contributed by atoms with Crippen LogP contribution >= 0.6 is 0 Å². The molecule has 0 aliphatic heterocycles. The van der Waals surface area contributed by atoms with Gasteiger partial charge in [0.05, 0.1) is 0 Å². The smallest absolute Gasteiger partial charge is 0.0234 e. The van der Waals surface area contributed by atoms with Crippen molar-refractivity contribution in [1.29, 1.82) is 0 Å². The molecule has 16 heavy (non-hydrogen) atoms. The van der Waals surface area contributed by atoms with E-state index in [9.17, 15) is 0 Å². The summed E-state index contributed by atoms with van der Waals surface area (Å²) in [4.78, 5) is 2.41. The summed E-state index contributed by atoms with van der Waals surface area (Å²) in [5.41, 5.74) is 7.44. The molecule has 0 radical (unpaired) electrons. The Morgan fingerprint density at radius 2 is 1.88 bits per heavy atom. The molecule has 1 aromatic carbocycles. The van der Waals surface area contributed by atoms with Gasteiger partial charge in [-0.3, -0.25) is 4.90 Å². The van der Waals surface area contributed by atoms with Gasteiger partial charge >= 0.3 is 0 Å². The molecule has 0 unspecified atom stereocenters. The van der Waals surface area contributed by atoms with Crippen LogP contribution in [0.1, 0.15) is 32.3 Å². The van der Waals surface area contributed by atoms with E-state index in [2.05, 4.69) is 49.1 Å². The standard InChI is InChI=1S/C14H24N2/c1-3-8-14(15)12-16(4-2)11-13-9-6-5-7-10-13/h5-7,9-10,14H,3-4,8,11-12,15H2,1-2H3/t14-/m0/s1. The third-order valence-electron chi connectivity index (χ3n) is 2.85. The first-order valence-corrected chi connectivity index (χ1v) is 6.28. The molecule has 0 saturated carbocycles. The van der Waals surface area contributed by atoms with Crippen molar-refractivity contribution in [1.82, 2.24) is 4.90 Å². The van der Waals surface area contributed by atoms with Crippen LogP contribution in [0, 0.1) is 0 Å². The minimum absolute atomic E-state index is 0.314. The van der Waals surface area contributed by atoms with Crippen molar-refractivity contribution in [2.24, 2.45) is 5.73 Å². The lowest BCUT2D eigenvalue weighted by Gasteiger charge is -2.24. The Hall–Kier alpha value is -0.860. The summed E-state index contributed by atoms with van der Waals surface area (Å²) in [5.74, 6) is 0. The first-order valence-electron chi connectivity index (χ1n) is 6.28. The van der Waals surface area contributed by atoms with Crippen LogP contribution in [0.15, 0.2) is 30.3 Å². The molecule has 2 N–H and O–H groups in total. The SMILES string of the molecule is CCC[C@H](N)CN(CC)Cc1ccccc1. The molecule has 1 rings (SSSR count). The van der Waals surface area contributed by atoms with Gasteiger partial charge in [0.2, 0.25) is 0 Å². The van der Waals surface area contributed by atoms with Crippen molar-refractivity contribution in [2.75, 3.05) is 13.1 Å². The summed E-state index contributed by atoms with van der Waals surface area (Å²) in [5, 5.41) is 0. The zero-order valence-corrected chi connectivity index (χ0v) is 10.5. The van der Waals surface area contributed by atoms with Gasteiger partial charge in [-0.15, -0.1) is 0 Å². The second-order valence-electron chi connectivity index (χ2n) is 4.36. The van der Waals surface area contributed by atoms with Gasteiger partial charge in [-0.2, -0.15) is 0 Å². The normalized spacial score (nSPS) is 13.0. The van der Waals surface area contributed by atoms with Crippen molar-refractivity contribution in [3.63, 3.8) is 0 Å². The fraction of sp³-hybridized carbons (Fsp3) is 0.571. The molecule has 0 aliphatic carbocycles. The molecule has 0 spiro atoms. The Morgan fingerprint density at radius 3 is 2.44 bits per heavy atom. The Kier molecular flexibility index (Phi) is 6.12. The van der Waals surface area contributed by atoms with Crippen molar-refractivity contribution in [3.05, 3.63) is 35.9 Å². The van der Waals surface area contributed by atoms with E-state index in [1.54, 1.807) is 0 Å². The van der Waals surface area contributed by atoms with Crippen LogP contribution in [0.2, 0.25) is 0 Å². The average molecular weight is 220 g/mol. The van der Waals surface area contributed by atoms with Crippen LogP contribution in [-0.4, -0.2) is 24.0 Å². The molecular formula is C14H24N2. The van der Waals surface area contributed by atoms with Crippen molar-refractivity contribution in [2.45, 2.75) is 39.3 Å². The summed E-state index contributed by atoms with van der Waals surface area (Å²) in [7, 11) is 0. The molecule has 0 aliphatic rings. The quantitative estimate of drug-likeness (QED) is 0.765. The Bertz CT molecular complexity index is 271. The van der Waals surface area contributed by atoms with Gasteiger partial charge in [-0.25, -0.2) is 0 Å². The summed E-state index contributed by atoms with van der Waals surface area (Å²) in [6, 6.07) is 10.9. The minimum atomic E-state index is 0.314. The van der Waals surface area contributed by atoms with Gasteiger partial charge in [0.25, 0.3) is 0 Å². The van der Waals surface area contributed by atoms with Crippen molar-refractivity contribution >= 4 is 0 Å². The lowest BCUT2D eigenvalue weighted by Crippen LogP contribution is -2.37. The first-order chi connectivity index (χ1) is 7.76. The zero-order chi connectivity index (χ0) is 11.8. The van der Waals surface area contributed by atoms with E-state index in [0.29, 0.717) is 6.04 Å². The summed E-state index contributed by atoms with van der Waals surface area (Å²) >= 11 is 0. The second-order valence-corrected chi connectivity index (χ2v) is 4.36. The predicted octanol–water partition coefficient (Wildman–Crippen LogP) is 2.64. The van der Waals surface area contributed by atoms with E-state index >= 15 is 0 Å². The van der Waals surface area contributed by atoms with Crippen LogP contribution in [0.4, 0.5) is 0 Å². The molecule has 2 nitrogen and oxygen atoms in total.